The average Bonchev–Trinajstić information content (AvgIpc) is 2.85. The van der Waals surface area contributed by atoms with Gasteiger partial charge in [0, 0.05) is 11.6 Å². The van der Waals surface area contributed by atoms with Crippen LogP contribution < -0.4 is 5.32 Å². The minimum Gasteiger partial charge on any atom is -0.456 e. The lowest BCUT2D eigenvalue weighted by Crippen LogP contribution is -2.18. The highest BCUT2D eigenvalue weighted by Gasteiger charge is 2.19. The van der Waals surface area contributed by atoms with Gasteiger partial charge in [0.05, 0.1) is 5.69 Å². The normalized spacial score (nSPS) is 12.8. The predicted octanol–water partition coefficient (Wildman–Crippen LogP) is 3.58. The van der Waals surface area contributed by atoms with E-state index < -0.39 is 0 Å². The number of furan rings is 1. The van der Waals surface area contributed by atoms with Crippen LogP contribution in [0.3, 0.4) is 0 Å². The van der Waals surface area contributed by atoms with Crippen LogP contribution in [0.15, 0.2) is 47.0 Å². The van der Waals surface area contributed by atoms with Gasteiger partial charge in [-0.3, -0.25) is 4.98 Å². The van der Waals surface area contributed by atoms with Crippen LogP contribution >= 0.6 is 0 Å². The molecule has 1 N–H and O–H groups in total. The van der Waals surface area contributed by atoms with Crippen molar-refractivity contribution >= 4 is 11.0 Å². The summed E-state index contributed by atoms with van der Waals surface area (Å²) in [5, 5.41) is 3.92. The van der Waals surface area contributed by atoms with Crippen molar-refractivity contribution in [3.63, 3.8) is 0 Å². The Morgan fingerprint density at radius 3 is 2.80 bits per heavy atom. The quantitative estimate of drug-likeness (QED) is 0.790. The first-order valence-corrected chi connectivity index (χ1v) is 6.47. The van der Waals surface area contributed by atoms with E-state index in [1.807, 2.05) is 38.2 Å². The third-order valence-electron chi connectivity index (χ3n) is 3.32. The van der Waals surface area contributed by atoms with E-state index in [1.54, 1.807) is 12.3 Å². The van der Waals surface area contributed by atoms with E-state index >= 15 is 0 Å². The standard InChI is InChI=1S/C16H15FN2O/c1-10-6-7-19-13(8-10)15(18-2)14-9-11-4-3-5-12(17)16(11)20-14/h3-9,15,18H,1-2H3. The molecule has 0 radical (unpaired) electrons. The molecule has 1 unspecified atom stereocenters. The number of nitrogens with one attached hydrogen (secondary N) is 1. The Hall–Kier alpha value is -2.20. The number of hydrogen-bond acceptors (Lipinski definition) is 3. The Balaban J connectivity index is 2.09. The van der Waals surface area contributed by atoms with Crippen molar-refractivity contribution < 1.29 is 8.81 Å². The summed E-state index contributed by atoms with van der Waals surface area (Å²) in [4.78, 5) is 4.36. The van der Waals surface area contributed by atoms with Crippen LogP contribution in [-0.4, -0.2) is 12.0 Å². The lowest BCUT2D eigenvalue weighted by atomic mass is 10.1. The second-order valence-corrected chi connectivity index (χ2v) is 4.79. The fourth-order valence-corrected chi connectivity index (χ4v) is 2.34. The summed E-state index contributed by atoms with van der Waals surface area (Å²) in [5.74, 6) is 0.312. The number of rotatable bonds is 3. The van der Waals surface area contributed by atoms with Gasteiger partial charge >= 0.3 is 0 Å². The highest BCUT2D eigenvalue weighted by Crippen LogP contribution is 2.28. The van der Waals surface area contributed by atoms with Crippen molar-refractivity contribution in [1.29, 1.82) is 0 Å². The molecule has 3 rings (SSSR count). The lowest BCUT2D eigenvalue weighted by molar-refractivity contribution is 0.472. The molecule has 0 aliphatic heterocycles. The Bertz CT molecular complexity index is 751. The van der Waals surface area contributed by atoms with E-state index in [-0.39, 0.29) is 17.4 Å². The maximum atomic E-state index is 13.7. The van der Waals surface area contributed by atoms with Crippen LogP contribution in [0.2, 0.25) is 0 Å². The van der Waals surface area contributed by atoms with Crippen LogP contribution in [0.5, 0.6) is 0 Å². The molecule has 0 aliphatic carbocycles. The summed E-state index contributed by atoms with van der Waals surface area (Å²) in [6, 6.07) is 10.5. The molecule has 2 aromatic heterocycles. The van der Waals surface area contributed by atoms with Crippen molar-refractivity contribution in [3.05, 3.63) is 65.4 Å². The molecule has 3 nitrogen and oxygen atoms in total. The molecule has 0 saturated heterocycles. The Kier molecular flexibility index (Phi) is 3.24. The van der Waals surface area contributed by atoms with E-state index in [4.69, 9.17) is 4.42 Å². The van der Waals surface area contributed by atoms with Crippen molar-refractivity contribution in [3.8, 4) is 0 Å². The second kappa shape index (κ2) is 5.06. The summed E-state index contributed by atoms with van der Waals surface area (Å²) in [7, 11) is 1.83. The third kappa shape index (κ3) is 2.18. The molecule has 1 atom stereocenters. The maximum Gasteiger partial charge on any atom is 0.169 e. The largest absolute Gasteiger partial charge is 0.456 e. The smallest absolute Gasteiger partial charge is 0.169 e. The van der Waals surface area contributed by atoms with E-state index in [2.05, 4.69) is 10.3 Å². The van der Waals surface area contributed by atoms with Gasteiger partial charge in [0.1, 0.15) is 11.8 Å². The highest BCUT2D eigenvalue weighted by molar-refractivity contribution is 5.78. The van der Waals surface area contributed by atoms with Gasteiger partial charge in [0.15, 0.2) is 11.4 Å². The minimum absolute atomic E-state index is 0.193. The molecule has 0 aliphatic rings. The van der Waals surface area contributed by atoms with Crippen LogP contribution in [0.1, 0.15) is 23.1 Å². The number of pyridine rings is 1. The molecule has 4 heteroatoms. The molecule has 0 fully saturated rings. The number of para-hydroxylation sites is 1. The number of aromatic nitrogens is 1. The molecule has 0 saturated carbocycles. The van der Waals surface area contributed by atoms with E-state index in [0.717, 1.165) is 16.6 Å². The number of hydrogen-bond donors (Lipinski definition) is 1. The molecule has 20 heavy (non-hydrogen) atoms. The van der Waals surface area contributed by atoms with Crippen molar-refractivity contribution in [2.24, 2.45) is 0 Å². The lowest BCUT2D eigenvalue weighted by Gasteiger charge is -2.13. The zero-order valence-corrected chi connectivity index (χ0v) is 11.4. The maximum absolute atomic E-state index is 13.7. The minimum atomic E-state index is -0.346. The zero-order chi connectivity index (χ0) is 14.1. The monoisotopic (exact) mass is 270 g/mol. The average molecular weight is 270 g/mol. The van der Waals surface area contributed by atoms with Gasteiger partial charge in [0.2, 0.25) is 0 Å². The van der Waals surface area contributed by atoms with Crippen LogP contribution in [-0.2, 0) is 0 Å². The first kappa shape index (κ1) is 12.8. The highest BCUT2D eigenvalue weighted by atomic mass is 19.1. The predicted molar refractivity (Wildman–Crippen MR) is 76.0 cm³/mol. The Morgan fingerprint density at radius 2 is 2.10 bits per heavy atom. The molecule has 102 valence electrons. The summed E-state index contributed by atoms with van der Waals surface area (Å²) < 4.78 is 19.4. The van der Waals surface area contributed by atoms with Crippen LogP contribution in [0.4, 0.5) is 4.39 Å². The molecule has 0 spiro atoms. The van der Waals surface area contributed by atoms with Gasteiger partial charge in [0.25, 0.3) is 0 Å². The van der Waals surface area contributed by atoms with Gasteiger partial charge in [-0.15, -0.1) is 0 Å². The third-order valence-corrected chi connectivity index (χ3v) is 3.32. The molecule has 0 bridgehead atoms. The van der Waals surface area contributed by atoms with Gasteiger partial charge in [-0.05, 0) is 43.8 Å². The van der Waals surface area contributed by atoms with Crippen molar-refractivity contribution in [2.75, 3.05) is 7.05 Å². The second-order valence-electron chi connectivity index (χ2n) is 4.79. The summed E-state index contributed by atoms with van der Waals surface area (Å²) >= 11 is 0. The van der Waals surface area contributed by atoms with Crippen LogP contribution in [0, 0.1) is 12.7 Å². The SMILES string of the molecule is CNC(c1cc(C)ccn1)c1cc2cccc(F)c2o1. The molecular formula is C16H15FN2O. The number of benzene rings is 1. The number of fused-ring (bicyclic) bond motifs is 1. The van der Waals surface area contributed by atoms with E-state index in [1.165, 1.54) is 6.07 Å². The molecule has 2 heterocycles. The Labute approximate surface area is 116 Å². The summed E-state index contributed by atoms with van der Waals surface area (Å²) in [6.45, 7) is 2.01. The van der Waals surface area contributed by atoms with E-state index in [0.29, 0.717) is 5.76 Å². The van der Waals surface area contributed by atoms with Gasteiger partial charge in [-0.25, -0.2) is 4.39 Å². The van der Waals surface area contributed by atoms with Gasteiger partial charge < -0.3 is 9.73 Å². The number of halogens is 1. The van der Waals surface area contributed by atoms with Gasteiger partial charge in [-0.2, -0.15) is 0 Å². The number of aryl methyl sites for hydroxylation is 1. The van der Waals surface area contributed by atoms with Gasteiger partial charge in [-0.1, -0.05) is 12.1 Å². The number of nitrogens with zero attached hydrogens (tertiary/aromatic N) is 1. The fourth-order valence-electron chi connectivity index (χ4n) is 2.34. The molecule has 3 aromatic rings. The zero-order valence-electron chi connectivity index (χ0n) is 11.4. The topological polar surface area (TPSA) is 38.1 Å². The first-order chi connectivity index (χ1) is 9.69. The van der Waals surface area contributed by atoms with Crippen molar-refractivity contribution in [2.45, 2.75) is 13.0 Å². The molecule has 0 amide bonds. The first-order valence-electron chi connectivity index (χ1n) is 6.47. The fraction of sp³-hybridized carbons (Fsp3) is 0.188. The Morgan fingerprint density at radius 1 is 1.25 bits per heavy atom. The summed E-state index contributed by atoms with van der Waals surface area (Å²) in [6.07, 6.45) is 1.76. The molecule has 1 aromatic carbocycles. The summed E-state index contributed by atoms with van der Waals surface area (Å²) in [5.41, 5.74) is 2.26. The molecular weight excluding hydrogens is 255 g/mol. The van der Waals surface area contributed by atoms with Crippen LogP contribution in [0.25, 0.3) is 11.0 Å². The van der Waals surface area contributed by atoms with E-state index in [9.17, 15) is 4.39 Å². The van der Waals surface area contributed by atoms with Crippen molar-refractivity contribution in [1.82, 2.24) is 10.3 Å².